The molecule has 21 heavy (non-hydrogen) atoms. The fourth-order valence-corrected chi connectivity index (χ4v) is 1.74. The molecule has 2 rings (SSSR count). The van der Waals surface area contributed by atoms with Crippen LogP contribution in [0.3, 0.4) is 0 Å². The van der Waals surface area contributed by atoms with E-state index in [0.29, 0.717) is 0 Å². The molecule has 0 aliphatic carbocycles. The molecular formula is C14H12F4N2O. The van der Waals surface area contributed by atoms with Crippen molar-refractivity contribution in [2.24, 2.45) is 0 Å². The van der Waals surface area contributed by atoms with Crippen molar-refractivity contribution in [3.05, 3.63) is 47.5 Å². The minimum absolute atomic E-state index is 0.0602. The van der Waals surface area contributed by atoms with Gasteiger partial charge in [0.25, 0.3) is 0 Å². The summed E-state index contributed by atoms with van der Waals surface area (Å²) >= 11 is 0. The predicted octanol–water partition coefficient (Wildman–Crippen LogP) is 4.20. The number of nitrogen functional groups attached to an aromatic ring is 1. The van der Waals surface area contributed by atoms with Gasteiger partial charge in [0.15, 0.2) is 11.6 Å². The molecule has 0 saturated heterocycles. The van der Waals surface area contributed by atoms with Gasteiger partial charge in [-0.1, -0.05) is 6.07 Å². The highest BCUT2D eigenvalue weighted by Gasteiger charge is 2.14. The Balaban J connectivity index is 2.37. The van der Waals surface area contributed by atoms with Gasteiger partial charge in [-0.25, -0.2) is 8.78 Å². The lowest BCUT2D eigenvalue weighted by atomic mass is 10.2. The van der Waals surface area contributed by atoms with Crippen molar-refractivity contribution in [2.75, 3.05) is 11.1 Å². The number of benzene rings is 2. The zero-order valence-corrected chi connectivity index (χ0v) is 11.0. The Bertz CT molecular complexity index is 662. The molecule has 0 aliphatic heterocycles. The summed E-state index contributed by atoms with van der Waals surface area (Å²) in [5, 5.41) is 2.63. The fraction of sp³-hybridized carbons (Fsp3) is 0.143. The number of nitrogens with two attached hydrogens (primary N) is 1. The quantitative estimate of drug-likeness (QED) is 0.657. The van der Waals surface area contributed by atoms with E-state index in [1.807, 2.05) is 0 Å². The van der Waals surface area contributed by atoms with Crippen molar-refractivity contribution < 1.29 is 22.3 Å². The lowest BCUT2D eigenvalue weighted by Gasteiger charge is -2.13. The van der Waals surface area contributed by atoms with E-state index in [4.69, 9.17) is 5.73 Å². The van der Waals surface area contributed by atoms with Crippen LogP contribution in [0.15, 0.2) is 30.3 Å². The molecule has 3 N–H and O–H groups in total. The van der Waals surface area contributed by atoms with E-state index in [0.717, 1.165) is 17.7 Å². The SMILES string of the molecule is Cc1ccc(F)c(Nc2cc(OC(F)F)c(F)cc2N)c1. The Hall–Kier alpha value is -2.44. The first-order chi connectivity index (χ1) is 9.86. The van der Waals surface area contributed by atoms with Crippen molar-refractivity contribution in [1.29, 1.82) is 0 Å². The molecule has 0 amide bonds. The summed E-state index contributed by atoms with van der Waals surface area (Å²) in [5.74, 6) is -2.25. The number of alkyl halides is 2. The second-order valence-corrected chi connectivity index (χ2v) is 4.36. The van der Waals surface area contributed by atoms with Crippen molar-refractivity contribution in [3.8, 4) is 5.75 Å². The molecule has 7 heteroatoms. The third kappa shape index (κ3) is 3.56. The molecule has 0 atom stereocenters. The van der Waals surface area contributed by atoms with Gasteiger partial charge in [-0.15, -0.1) is 0 Å². The van der Waals surface area contributed by atoms with Crippen molar-refractivity contribution in [3.63, 3.8) is 0 Å². The molecule has 0 aromatic heterocycles. The van der Waals surface area contributed by atoms with Gasteiger partial charge in [-0.2, -0.15) is 8.78 Å². The molecule has 2 aromatic rings. The molecule has 0 unspecified atom stereocenters. The number of hydrogen-bond donors (Lipinski definition) is 2. The summed E-state index contributed by atoms with van der Waals surface area (Å²) < 4.78 is 55.5. The lowest BCUT2D eigenvalue weighted by molar-refractivity contribution is -0.0521. The van der Waals surface area contributed by atoms with E-state index in [2.05, 4.69) is 10.1 Å². The van der Waals surface area contributed by atoms with Crippen LogP contribution in [0.25, 0.3) is 0 Å². The van der Waals surface area contributed by atoms with Crippen molar-refractivity contribution in [2.45, 2.75) is 13.5 Å². The monoisotopic (exact) mass is 300 g/mol. The second kappa shape index (κ2) is 5.90. The third-order valence-corrected chi connectivity index (χ3v) is 2.71. The lowest BCUT2D eigenvalue weighted by Crippen LogP contribution is -2.06. The Kier molecular flexibility index (Phi) is 4.21. The first-order valence-electron chi connectivity index (χ1n) is 5.94. The molecule has 112 valence electrons. The number of anilines is 3. The number of aryl methyl sites for hydroxylation is 1. The molecule has 0 radical (unpaired) electrons. The Morgan fingerprint density at radius 2 is 1.76 bits per heavy atom. The molecule has 3 nitrogen and oxygen atoms in total. The predicted molar refractivity (Wildman–Crippen MR) is 71.9 cm³/mol. The minimum Gasteiger partial charge on any atom is -0.432 e. The van der Waals surface area contributed by atoms with Gasteiger partial charge < -0.3 is 15.8 Å². The molecule has 0 saturated carbocycles. The van der Waals surface area contributed by atoms with Crippen LogP contribution >= 0.6 is 0 Å². The van der Waals surface area contributed by atoms with Gasteiger partial charge >= 0.3 is 6.61 Å². The molecule has 0 fully saturated rings. The summed E-state index contributed by atoms with van der Waals surface area (Å²) in [7, 11) is 0. The first-order valence-corrected chi connectivity index (χ1v) is 5.94. The zero-order chi connectivity index (χ0) is 15.6. The largest absolute Gasteiger partial charge is 0.432 e. The Labute approximate surface area is 118 Å². The second-order valence-electron chi connectivity index (χ2n) is 4.36. The number of nitrogens with one attached hydrogen (secondary N) is 1. The molecule has 0 aliphatic rings. The maximum atomic E-state index is 13.6. The van der Waals surface area contributed by atoms with E-state index in [1.165, 1.54) is 12.1 Å². The van der Waals surface area contributed by atoms with Crippen LogP contribution in [0.2, 0.25) is 0 Å². The van der Waals surface area contributed by atoms with Crippen molar-refractivity contribution in [1.82, 2.24) is 0 Å². The maximum Gasteiger partial charge on any atom is 0.387 e. The average molecular weight is 300 g/mol. The minimum atomic E-state index is -3.17. The third-order valence-electron chi connectivity index (χ3n) is 2.71. The first kappa shape index (κ1) is 15.0. The maximum absolute atomic E-state index is 13.6. The van der Waals surface area contributed by atoms with Crippen LogP contribution in [0.5, 0.6) is 5.75 Å². The van der Waals surface area contributed by atoms with E-state index in [-0.39, 0.29) is 17.1 Å². The number of rotatable bonds is 4. The number of halogens is 4. The highest BCUT2D eigenvalue weighted by Crippen LogP contribution is 2.32. The normalized spacial score (nSPS) is 10.8. The van der Waals surface area contributed by atoms with Crippen LogP contribution in [0.4, 0.5) is 34.6 Å². The summed E-state index contributed by atoms with van der Waals surface area (Å²) in [5.41, 5.74) is 6.47. The summed E-state index contributed by atoms with van der Waals surface area (Å²) in [6.07, 6.45) is 0. The smallest absolute Gasteiger partial charge is 0.387 e. The molecule has 0 spiro atoms. The van der Waals surface area contributed by atoms with E-state index in [9.17, 15) is 17.6 Å². The molecular weight excluding hydrogens is 288 g/mol. The van der Waals surface area contributed by atoms with Gasteiger partial charge in [-0.05, 0) is 24.6 Å². The number of ether oxygens (including phenoxy) is 1. The highest BCUT2D eigenvalue weighted by atomic mass is 19.3. The number of hydrogen-bond acceptors (Lipinski definition) is 3. The summed E-state index contributed by atoms with van der Waals surface area (Å²) in [4.78, 5) is 0. The van der Waals surface area contributed by atoms with E-state index < -0.39 is 24.0 Å². The summed E-state index contributed by atoms with van der Waals surface area (Å²) in [6, 6.07) is 6.10. The zero-order valence-electron chi connectivity index (χ0n) is 11.0. The summed E-state index contributed by atoms with van der Waals surface area (Å²) in [6.45, 7) is -1.42. The van der Waals surface area contributed by atoms with Gasteiger partial charge in [0.2, 0.25) is 0 Å². The molecule has 0 bridgehead atoms. The van der Waals surface area contributed by atoms with Gasteiger partial charge in [0.1, 0.15) is 5.82 Å². The molecule has 2 aromatic carbocycles. The van der Waals surface area contributed by atoms with Crippen molar-refractivity contribution >= 4 is 17.1 Å². The highest BCUT2D eigenvalue weighted by molar-refractivity contribution is 5.74. The van der Waals surface area contributed by atoms with Crippen LogP contribution in [-0.2, 0) is 0 Å². The van der Waals surface area contributed by atoms with E-state index >= 15 is 0 Å². The van der Waals surface area contributed by atoms with Crippen LogP contribution < -0.4 is 15.8 Å². The Morgan fingerprint density at radius 1 is 1.05 bits per heavy atom. The van der Waals surface area contributed by atoms with Gasteiger partial charge in [0, 0.05) is 12.1 Å². The topological polar surface area (TPSA) is 47.3 Å². The standard InChI is InChI=1S/C14H12F4N2O/c1-7-2-3-8(15)11(4-7)20-12-6-13(21-14(17)18)9(16)5-10(12)19/h2-6,14,20H,19H2,1H3. The molecule has 0 heterocycles. The van der Waals surface area contributed by atoms with Crippen LogP contribution in [0, 0.1) is 18.6 Å². The fourth-order valence-electron chi connectivity index (χ4n) is 1.74. The Morgan fingerprint density at radius 3 is 2.43 bits per heavy atom. The average Bonchev–Trinajstić information content (AvgIpc) is 2.39. The van der Waals surface area contributed by atoms with Crippen LogP contribution in [-0.4, -0.2) is 6.61 Å². The van der Waals surface area contributed by atoms with Crippen LogP contribution in [0.1, 0.15) is 5.56 Å². The van der Waals surface area contributed by atoms with Gasteiger partial charge in [-0.3, -0.25) is 0 Å². The van der Waals surface area contributed by atoms with E-state index in [1.54, 1.807) is 13.0 Å². The van der Waals surface area contributed by atoms with Gasteiger partial charge in [0.05, 0.1) is 17.1 Å².